The lowest BCUT2D eigenvalue weighted by atomic mass is 10.2. The zero-order chi connectivity index (χ0) is 15.2. The average Bonchev–Trinajstić information content (AvgIpc) is 2.87. The normalized spacial score (nSPS) is 10.7. The molecule has 2 aromatic rings. The monoisotopic (exact) mass is 368 g/mol. The molecule has 114 valence electrons. The van der Waals surface area contributed by atoms with Gasteiger partial charge in [0.1, 0.15) is 17.5 Å². The largest absolute Gasteiger partial charge is 0.370 e. The molecule has 0 aliphatic heterocycles. The summed E-state index contributed by atoms with van der Waals surface area (Å²) >= 11 is 5.22. The van der Waals surface area contributed by atoms with Crippen LogP contribution in [0.15, 0.2) is 15.9 Å². The van der Waals surface area contributed by atoms with E-state index in [0.29, 0.717) is 0 Å². The van der Waals surface area contributed by atoms with Gasteiger partial charge in [-0.05, 0) is 42.3 Å². The predicted molar refractivity (Wildman–Crippen MR) is 94.3 cm³/mol. The van der Waals surface area contributed by atoms with Crippen molar-refractivity contribution in [3.63, 3.8) is 0 Å². The molecule has 0 aliphatic rings. The molecule has 2 aromatic heterocycles. The highest BCUT2D eigenvalue weighted by Crippen LogP contribution is 2.24. The van der Waals surface area contributed by atoms with Crippen molar-refractivity contribution in [3.8, 4) is 0 Å². The van der Waals surface area contributed by atoms with E-state index in [2.05, 4.69) is 68.7 Å². The van der Waals surface area contributed by atoms with Crippen molar-refractivity contribution >= 4 is 38.9 Å². The molecule has 0 aliphatic carbocycles. The van der Waals surface area contributed by atoms with Gasteiger partial charge in [0.25, 0.3) is 0 Å². The van der Waals surface area contributed by atoms with Crippen molar-refractivity contribution in [2.24, 2.45) is 0 Å². The zero-order valence-corrected chi connectivity index (χ0v) is 15.1. The number of aromatic nitrogens is 2. The van der Waals surface area contributed by atoms with Crippen molar-refractivity contribution in [2.75, 3.05) is 17.2 Å². The van der Waals surface area contributed by atoms with Crippen LogP contribution >= 0.6 is 27.3 Å². The van der Waals surface area contributed by atoms with E-state index in [1.54, 1.807) is 11.3 Å². The Balaban J connectivity index is 2.19. The quantitative estimate of drug-likeness (QED) is 0.749. The van der Waals surface area contributed by atoms with Gasteiger partial charge in [0.2, 0.25) is 0 Å². The lowest BCUT2D eigenvalue weighted by Crippen LogP contribution is -2.11. The first kappa shape index (κ1) is 16.2. The van der Waals surface area contributed by atoms with Crippen molar-refractivity contribution in [1.82, 2.24) is 9.97 Å². The lowest BCUT2D eigenvalue weighted by molar-refractivity contribution is 0.830. The highest BCUT2D eigenvalue weighted by molar-refractivity contribution is 9.10. The molecule has 0 radical (unpaired) electrons. The van der Waals surface area contributed by atoms with Gasteiger partial charge in [0, 0.05) is 33.3 Å². The molecule has 0 atom stereocenters. The van der Waals surface area contributed by atoms with E-state index in [4.69, 9.17) is 0 Å². The van der Waals surface area contributed by atoms with Crippen molar-refractivity contribution < 1.29 is 0 Å². The fourth-order valence-electron chi connectivity index (χ4n) is 2.03. The molecular formula is C15H21BrN4S. The Hall–Kier alpha value is -1.14. The van der Waals surface area contributed by atoms with Gasteiger partial charge in [0.05, 0.1) is 6.54 Å². The maximum Gasteiger partial charge on any atom is 0.135 e. The van der Waals surface area contributed by atoms with Gasteiger partial charge in [-0.1, -0.05) is 6.92 Å². The van der Waals surface area contributed by atoms with Crippen molar-refractivity contribution in [2.45, 2.75) is 40.2 Å². The summed E-state index contributed by atoms with van der Waals surface area (Å²) in [5.41, 5.74) is 1.08. The summed E-state index contributed by atoms with van der Waals surface area (Å²) in [6.07, 6.45) is 1.95. The van der Waals surface area contributed by atoms with Crippen LogP contribution < -0.4 is 10.6 Å². The number of hydrogen-bond donors (Lipinski definition) is 2. The highest BCUT2D eigenvalue weighted by Gasteiger charge is 2.10. The molecule has 0 spiro atoms. The summed E-state index contributed by atoms with van der Waals surface area (Å²) < 4.78 is 1.13. The summed E-state index contributed by atoms with van der Waals surface area (Å²) in [4.78, 5) is 10.5. The predicted octanol–water partition coefficient (Wildman–Crippen LogP) is 4.61. The molecule has 0 unspecified atom stereocenters. The standard InChI is InChI=1S/C15H21BrN4S/c1-4-6-13-19-14(17-5-2)10(3)15(20-13)18-8-12-7-11(16)9-21-12/h7,9H,4-6,8H2,1-3H3,(H2,17,18,19,20). The molecule has 0 aromatic carbocycles. The number of rotatable bonds is 7. The summed E-state index contributed by atoms with van der Waals surface area (Å²) in [6, 6.07) is 2.13. The van der Waals surface area contributed by atoms with Crippen molar-refractivity contribution in [3.05, 3.63) is 32.2 Å². The fraction of sp³-hybridized carbons (Fsp3) is 0.467. The van der Waals surface area contributed by atoms with Crippen LogP contribution in [0.3, 0.4) is 0 Å². The fourth-order valence-corrected chi connectivity index (χ4v) is 3.42. The molecule has 0 amide bonds. The van der Waals surface area contributed by atoms with E-state index in [1.165, 1.54) is 4.88 Å². The maximum absolute atomic E-state index is 4.66. The third-order valence-corrected chi connectivity index (χ3v) is 4.76. The summed E-state index contributed by atoms with van der Waals surface area (Å²) in [5.74, 6) is 2.76. The number of anilines is 2. The first-order valence-corrected chi connectivity index (χ1v) is 8.89. The van der Waals surface area contributed by atoms with E-state index in [9.17, 15) is 0 Å². The van der Waals surface area contributed by atoms with Gasteiger partial charge in [-0.15, -0.1) is 11.3 Å². The van der Waals surface area contributed by atoms with Crippen LogP contribution in [0.2, 0.25) is 0 Å². The molecule has 0 saturated heterocycles. The minimum atomic E-state index is 0.783. The molecule has 4 nitrogen and oxygen atoms in total. The minimum Gasteiger partial charge on any atom is -0.370 e. The van der Waals surface area contributed by atoms with Gasteiger partial charge >= 0.3 is 0 Å². The average molecular weight is 369 g/mol. The second kappa shape index (κ2) is 7.75. The van der Waals surface area contributed by atoms with Gasteiger partial charge in [-0.3, -0.25) is 0 Å². The Kier molecular flexibility index (Phi) is 5.99. The first-order chi connectivity index (χ1) is 10.1. The Bertz CT molecular complexity index is 597. The number of halogens is 1. The topological polar surface area (TPSA) is 49.8 Å². The SMILES string of the molecule is CCCc1nc(NCC)c(C)c(NCc2cc(Br)cs2)n1. The molecule has 0 saturated carbocycles. The van der Waals surface area contributed by atoms with E-state index in [-0.39, 0.29) is 0 Å². The molecule has 2 heterocycles. The van der Waals surface area contributed by atoms with E-state index in [1.807, 2.05) is 0 Å². The molecular weight excluding hydrogens is 348 g/mol. The number of thiophene rings is 1. The Morgan fingerprint density at radius 1 is 1.19 bits per heavy atom. The summed E-state index contributed by atoms with van der Waals surface area (Å²) in [6.45, 7) is 7.93. The van der Waals surface area contributed by atoms with Gasteiger partial charge in [-0.2, -0.15) is 0 Å². The second-order valence-corrected chi connectivity index (χ2v) is 6.74. The van der Waals surface area contributed by atoms with Gasteiger partial charge < -0.3 is 10.6 Å². The van der Waals surface area contributed by atoms with E-state index >= 15 is 0 Å². The number of aryl methyl sites for hydroxylation is 1. The van der Waals surface area contributed by atoms with Crippen LogP contribution in [-0.2, 0) is 13.0 Å². The van der Waals surface area contributed by atoms with Crippen LogP contribution in [0.1, 0.15) is 36.5 Å². The maximum atomic E-state index is 4.66. The summed E-state index contributed by atoms with van der Waals surface area (Å²) in [7, 11) is 0. The Labute approximate surface area is 138 Å². The highest BCUT2D eigenvalue weighted by atomic mass is 79.9. The minimum absolute atomic E-state index is 0.783. The van der Waals surface area contributed by atoms with Gasteiger partial charge in [0.15, 0.2) is 0 Å². The molecule has 2 rings (SSSR count). The van der Waals surface area contributed by atoms with E-state index in [0.717, 1.165) is 53.4 Å². The van der Waals surface area contributed by atoms with Gasteiger partial charge in [-0.25, -0.2) is 9.97 Å². The Morgan fingerprint density at radius 2 is 1.90 bits per heavy atom. The smallest absolute Gasteiger partial charge is 0.135 e. The van der Waals surface area contributed by atoms with Crippen LogP contribution in [-0.4, -0.2) is 16.5 Å². The van der Waals surface area contributed by atoms with Crippen LogP contribution in [0.4, 0.5) is 11.6 Å². The van der Waals surface area contributed by atoms with Crippen LogP contribution in [0, 0.1) is 6.92 Å². The Morgan fingerprint density at radius 3 is 2.48 bits per heavy atom. The molecule has 0 bridgehead atoms. The van der Waals surface area contributed by atoms with Crippen LogP contribution in [0.5, 0.6) is 0 Å². The third-order valence-electron chi connectivity index (χ3n) is 3.06. The second-order valence-electron chi connectivity index (χ2n) is 4.83. The molecule has 2 N–H and O–H groups in total. The van der Waals surface area contributed by atoms with Crippen molar-refractivity contribution in [1.29, 1.82) is 0 Å². The molecule has 21 heavy (non-hydrogen) atoms. The number of nitrogens with zero attached hydrogens (tertiary/aromatic N) is 2. The zero-order valence-electron chi connectivity index (χ0n) is 12.7. The molecule has 6 heteroatoms. The lowest BCUT2D eigenvalue weighted by Gasteiger charge is -2.14. The molecule has 0 fully saturated rings. The first-order valence-electron chi connectivity index (χ1n) is 7.22. The van der Waals surface area contributed by atoms with E-state index < -0.39 is 0 Å². The summed E-state index contributed by atoms with van der Waals surface area (Å²) in [5, 5.41) is 8.85. The third kappa shape index (κ3) is 4.41. The number of nitrogens with one attached hydrogen (secondary N) is 2. The van der Waals surface area contributed by atoms with Crippen LogP contribution in [0.25, 0.3) is 0 Å². The number of hydrogen-bond acceptors (Lipinski definition) is 5.